The van der Waals surface area contributed by atoms with Crippen LogP contribution in [0.3, 0.4) is 0 Å². The number of ether oxygens (including phenoxy) is 1. The van der Waals surface area contributed by atoms with Crippen molar-refractivity contribution in [2.75, 3.05) is 12.8 Å². The average molecular weight is 321 g/mol. The number of nitrogens with one attached hydrogen (secondary N) is 1. The summed E-state index contributed by atoms with van der Waals surface area (Å²) in [7, 11) is 1.64. The second-order valence-electron chi connectivity index (χ2n) is 5.37. The van der Waals surface area contributed by atoms with E-state index in [0.29, 0.717) is 17.9 Å². The molecule has 0 aliphatic rings. The molecule has 0 fully saturated rings. The highest BCUT2D eigenvalue weighted by molar-refractivity contribution is 5.76. The standard InChI is InChI=1S/C16H15N7O/c1-24-13-4-2-12(3-5-13)23-9-10(8-18-23)6-11-7-14(17)19-16-15(11)20-22-21-16/h2-5,7-9H,6H2,1H3,(H3,17,19,20,21,22). The lowest BCUT2D eigenvalue weighted by molar-refractivity contribution is 0.414. The van der Waals surface area contributed by atoms with Gasteiger partial charge >= 0.3 is 0 Å². The van der Waals surface area contributed by atoms with Crippen LogP contribution in [0.1, 0.15) is 11.1 Å². The zero-order chi connectivity index (χ0) is 16.5. The lowest BCUT2D eigenvalue weighted by Gasteiger charge is -2.03. The molecule has 0 aliphatic heterocycles. The van der Waals surface area contributed by atoms with E-state index in [1.54, 1.807) is 7.11 Å². The fourth-order valence-corrected chi connectivity index (χ4v) is 2.60. The SMILES string of the molecule is COc1ccc(-n2cc(Cc3cc(N)nc4n[nH]nc34)cn2)cc1. The Kier molecular flexibility index (Phi) is 3.34. The number of pyridine rings is 1. The summed E-state index contributed by atoms with van der Waals surface area (Å²) in [5.74, 6) is 1.24. The number of H-pyrrole nitrogens is 1. The van der Waals surface area contributed by atoms with Crippen molar-refractivity contribution in [2.24, 2.45) is 0 Å². The Labute approximate surface area is 137 Å². The maximum absolute atomic E-state index is 5.84. The molecule has 0 unspecified atom stereocenters. The Morgan fingerprint density at radius 3 is 2.83 bits per heavy atom. The predicted molar refractivity (Wildman–Crippen MR) is 89.0 cm³/mol. The van der Waals surface area contributed by atoms with E-state index in [0.717, 1.165) is 28.1 Å². The third-order valence-corrected chi connectivity index (χ3v) is 3.76. The minimum atomic E-state index is 0.425. The second-order valence-corrected chi connectivity index (χ2v) is 5.37. The van der Waals surface area contributed by atoms with Crippen molar-refractivity contribution in [1.29, 1.82) is 0 Å². The number of anilines is 1. The number of hydrogen-bond donors (Lipinski definition) is 2. The van der Waals surface area contributed by atoms with Crippen LogP contribution >= 0.6 is 0 Å². The molecule has 8 nitrogen and oxygen atoms in total. The van der Waals surface area contributed by atoms with E-state index in [1.807, 2.05) is 47.4 Å². The minimum absolute atomic E-state index is 0.425. The van der Waals surface area contributed by atoms with Crippen molar-refractivity contribution >= 4 is 17.0 Å². The molecule has 24 heavy (non-hydrogen) atoms. The fourth-order valence-electron chi connectivity index (χ4n) is 2.60. The van der Waals surface area contributed by atoms with Gasteiger partial charge in [-0.1, -0.05) is 0 Å². The van der Waals surface area contributed by atoms with E-state index in [2.05, 4.69) is 25.5 Å². The zero-order valence-corrected chi connectivity index (χ0v) is 13.0. The molecule has 4 rings (SSSR count). The largest absolute Gasteiger partial charge is 0.497 e. The summed E-state index contributed by atoms with van der Waals surface area (Å²) in [6.45, 7) is 0. The van der Waals surface area contributed by atoms with Gasteiger partial charge in [0.15, 0.2) is 0 Å². The molecule has 4 aromatic rings. The van der Waals surface area contributed by atoms with E-state index in [-0.39, 0.29) is 0 Å². The highest BCUT2D eigenvalue weighted by atomic mass is 16.5. The van der Waals surface area contributed by atoms with Gasteiger partial charge in [0.2, 0.25) is 5.65 Å². The normalized spacial score (nSPS) is 11.0. The topological polar surface area (TPSA) is 108 Å². The fraction of sp³-hybridized carbons (Fsp3) is 0.125. The Bertz CT molecular complexity index is 987. The summed E-state index contributed by atoms with van der Waals surface area (Å²) in [5.41, 5.74) is 10.0. The van der Waals surface area contributed by atoms with E-state index in [9.17, 15) is 0 Å². The molecule has 0 saturated heterocycles. The van der Waals surface area contributed by atoms with Crippen LogP contribution in [-0.2, 0) is 6.42 Å². The Balaban J connectivity index is 1.63. The van der Waals surface area contributed by atoms with Gasteiger partial charge < -0.3 is 10.5 Å². The molecule has 3 aromatic heterocycles. The molecule has 0 aliphatic carbocycles. The number of nitrogens with two attached hydrogens (primary N) is 1. The number of rotatable bonds is 4. The van der Waals surface area contributed by atoms with Crippen molar-refractivity contribution in [3.05, 3.63) is 53.9 Å². The molecule has 0 saturated carbocycles. The van der Waals surface area contributed by atoms with E-state index < -0.39 is 0 Å². The van der Waals surface area contributed by atoms with Crippen LogP contribution in [0.5, 0.6) is 5.75 Å². The van der Waals surface area contributed by atoms with Gasteiger partial charge in [0.25, 0.3) is 0 Å². The molecular weight excluding hydrogens is 306 g/mol. The van der Waals surface area contributed by atoms with Gasteiger partial charge in [0, 0.05) is 12.6 Å². The van der Waals surface area contributed by atoms with Gasteiger partial charge in [0.1, 0.15) is 17.1 Å². The van der Waals surface area contributed by atoms with Crippen LogP contribution in [0.2, 0.25) is 0 Å². The lowest BCUT2D eigenvalue weighted by Crippen LogP contribution is -1.96. The zero-order valence-electron chi connectivity index (χ0n) is 13.0. The summed E-state index contributed by atoms with van der Waals surface area (Å²) in [6, 6.07) is 9.53. The van der Waals surface area contributed by atoms with Crippen LogP contribution in [0.15, 0.2) is 42.7 Å². The number of nitrogen functional groups attached to an aromatic ring is 1. The van der Waals surface area contributed by atoms with Crippen molar-refractivity contribution in [2.45, 2.75) is 6.42 Å². The first-order chi connectivity index (χ1) is 11.7. The quantitative estimate of drug-likeness (QED) is 0.592. The van der Waals surface area contributed by atoms with Crippen LogP contribution in [-0.4, -0.2) is 37.3 Å². The highest BCUT2D eigenvalue weighted by Gasteiger charge is 2.10. The average Bonchev–Trinajstić information content (AvgIpc) is 3.24. The van der Waals surface area contributed by atoms with Crippen LogP contribution in [0, 0.1) is 0 Å². The van der Waals surface area contributed by atoms with Gasteiger partial charge in [-0.2, -0.15) is 15.4 Å². The van der Waals surface area contributed by atoms with Crippen LogP contribution in [0.25, 0.3) is 16.9 Å². The molecule has 3 N–H and O–H groups in total. The number of nitrogens with zero attached hydrogens (tertiary/aromatic N) is 5. The van der Waals surface area contributed by atoms with Crippen molar-refractivity contribution in [3.63, 3.8) is 0 Å². The molecule has 0 radical (unpaired) electrons. The second kappa shape index (κ2) is 5.65. The molecule has 0 bridgehead atoms. The number of aromatic nitrogens is 6. The smallest absolute Gasteiger partial charge is 0.203 e. The van der Waals surface area contributed by atoms with Crippen molar-refractivity contribution < 1.29 is 4.74 Å². The Morgan fingerprint density at radius 1 is 1.21 bits per heavy atom. The molecule has 1 aromatic carbocycles. The molecule has 0 amide bonds. The molecule has 0 atom stereocenters. The van der Waals surface area contributed by atoms with E-state index >= 15 is 0 Å². The third-order valence-electron chi connectivity index (χ3n) is 3.76. The van der Waals surface area contributed by atoms with Gasteiger partial charge in [-0.25, -0.2) is 9.67 Å². The molecule has 120 valence electrons. The number of aromatic amines is 1. The maximum atomic E-state index is 5.84. The third kappa shape index (κ3) is 2.54. The Morgan fingerprint density at radius 2 is 2.04 bits per heavy atom. The number of benzene rings is 1. The lowest BCUT2D eigenvalue weighted by atomic mass is 10.1. The first-order valence-corrected chi connectivity index (χ1v) is 7.37. The first kappa shape index (κ1) is 14.2. The number of hydrogen-bond acceptors (Lipinski definition) is 6. The molecule has 3 heterocycles. The molecule has 0 spiro atoms. The summed E-state index contributed by atoms with van der Waals surface area (Å²) in [5, 5.41) is 15.1. The molecule has 8 heteroatoms. The van der Waals surface area contributed by atoms with Crippen molar-refractivity contribution in [3.8, 4) is 11.4 Å². The number of methoxy groups -OCH3 is 1. The first-order valence-electron chi connectivity index (χ1n) is 7.37. The molecular formula is C16H15N7O. The summed E-state index contributed by atoms with van der Waals surface area (Å²) in [6.07, 6.45) is 4.45. The van der Waals surface area contributed by atoms with Gasteiger partial charge in [-0.3, -0.25) is 0 Å². The van der Waals surface area contributed by atoms with Gasteiger partial charge in [-0.15, -0.1) is 5.10 Å². The monoisotopic (exact) mass is 321 g/mol. The van der Waals surface area contributed by atoms with E-state index in [4.69, 9.17) is 10.5 Å². The van der Waals surface area contributed by atoms with E-state index in [1.165, 1.54) is 0 Å². The van der Waals surface area contributed by atoms with Gasteiger partial charge in [0.05, 0.1) is 19.0 Å². The summed E-state index contributed by atoms with van der Waals surface area (Å²) >= 11 is 0. The maximum Gasteiger partial charge on any atom is 0.203 e. The summed E-state index contributed by atoms with van der Waals surface area (Å²) in [4.78, 5) is 4.15. The van der Waals surface area contributed by atoms with Crippen LogP contribution < -0.4 is 10.5 Å². The summed E-state index contributed by atoms with van der Waals surface area (Å²) < 4.78 is 6.99. The predicted octanol–water partition coefficient (Wildman–Crippen LogP) is 1.72. The minimum Gasteiger partial charge on any atom is -0.497 e. The van der Waals surface area contributed by atoms with Gasteiger partial charge in [-0.05, 0) is 41.5 Å². The highest BCUT2D eigenvalue weighted by Crippen LogP contribution is 2.20. The number of fused-ring (bicyclic) bond motifs is 1. The van der Waals surface area contributed by atoms with Crippen LogP contribution in [0.4, 0.5) is 5.82 Å². The van der Waals surface area contributed by atoms with Crippen molar-refractivity contribution in [1.82, 2.24) is 30.2 Å². The Hall–Kier alpha value is -3.42.